The number of fused-ring (bicyclic) bond motifs is 5. The van der Waals surface area contributed by atoms with Crippen LogP contribution in [0.15, 0.2) is 11.6 Å². The van der Waals surface area contributed by atoms with Crippen LogP contribution in [0.4, 0.5) is 0 Å². The van der Waals surface area contributed by atoms with E-state index in [1.165, 1.54) is 5.57 Å². The second-order valence-corrected chi connectivity index (χ2v) is 9.77. The van der Waals surface area contributed by atoms with Crippen LogP contribution in [0.5, 0.6) is 0 Å². The number of hydrogen-bond acceptors (Lipinski definition) is 3. The van der Waals surface area contributed by atoms with Crippen LogP contribution in [0.3, 0.4) is 0 Å². The molecule has 25 heavy (non-hydrogen) atoms. The van der Waals surface area contributed by atoms with Crippen LogP contribution in [0.1, 0.15) is 72.6 Å². The highest BCUT2D eigenvalue weighted by Crippen LogP contribution is 2.70. The predicted molar refractivity (Wildman–Crippen MR) is 95.9 cm³/mol. The molecule has 0 N–H and O–H groups in total. The second-order valence-electron chi connectivity index (χ2n) is 9.77. The van der Waals surface area contributed by atoms with Gasteiger partial charge in [0.15, 0.2) is 5.78 Å². The van der Waals surface area contributed by atoms with E-state index in [1.54, 1.807) is 6.92 Å². The fourth-order valence-electron chi connectivity index (χ4n) is 7.40. The summed E-state index contributed by atoms with van der Waals surface area (Å²) < 4.78 is 0. The van der Waals surface area contributed by atoms with E-state index in [2.05, 4.69) is 20.8 Å². The Balaban J connectivity index is 1.81. The van der Waals surface area contributed by atoms with Gasteiger partial charge in [-0.05, 0) is 62.4 Å². The van der Waals surface area contributed by atoms with Crippen LogP contribution in [0.25, 0.3) is 0 Å². The minimum absolute atomic E-state index is 0.0451. The lowest BCUT2D eigenvalue weighted by Gasteiger charge is -2.63. The average molecular weight is 342 g/mol. The minimum atomic E-state index is -0.381. The molecule has 0 spiro atoms. The highest BCUT2D eigenvalue weighted by atomic mass is 16.1. The Bertz CT molecular complexity index is 704. The number of rotatable bonds is 1. The average Bonchev–Trinajstić information content (AvgIpc) is 2.87. The maximum absolute atomic E-state index is 13.6. The number of ketones is 3. The summed E-state index contributed by atoms with van der Waals surface area (Å²) in [7, 11) is 0. The monoisotopic (exact) mass is 342 g/mol. The number of allylic oxidation sites excluding steroid dienone is 1. The van der Waals surface area contributed by atoms with Gasteiger partial charge in [-0.2, -0.15) is 0 Å². The summed E-state index contributed by atoms with van der Waals surface area (Å²) in [6, 6.07) is 0. The van der Waals surface area contributed by atoms with Crippen molar-refractivity contribution in [2.45, 2.75) is 72.6 Å². The first kappa shape index (κ1) is 17.2. The molecule has 0 aliphatic heterocycles. The normalized spacial score (nSPS) is 49.1. The van der Waals surface area contributed by atoms with Gasteiger partial charge in [-0.25, -0.2) is 0 Å². The molecule has 0 aromatic rings. The molecule has 0 saturated heterocycles. The third kappa shape index (κ3) is 1.96. The van der Waals surface area contributed by atoms with Crippen molar-refractivity contribution in [1.82, 2.24) is 0 Å². The van der Waals surface area contributed by atoms with Gasteiger partial charge in [0.25, 0.3) is 0 Å². The van der Waals surface area contributed by atoms with Gasteiger partial charge in [-0.1, -0.05) is 26.3 Å². The van der Waals surface area contributed by atoms with Gasteiger partial charge in [0.05, 0.1) is 0 Å². The summed E-state index contributed by atoms with van der Waals surface area (Å²) in [4.78, 5) is 37.8. The number of carbonyl (C=O) groups is 3. The van der Waals surface area contributed by atoms with Crippen molar-refractivity contribution >= 4 is 17.3 Å². The smallest absolute Gasteiger partial charge is 0.155 e. The van der Waals surface area contributed by atoms with Crippen molar-refractivity contribution in [2.24, 2.45) is 34.0 Å². The Hall–Kier alpha value is -1.25. The van der Waals surface area contributed by atoms with Gasteiger partial charge < -0.3 is 0 Å². The van der Waals surface area contributed by atoms with E-state index in [1.807, 2.05) is 6.08 Å². The third-order valence-electron chi connectivity index (χ3n) is 9.03. The maximum Gasteiger partial charge on any atom is 0.155 e. The quantitative estimate of drug-likeness (QED) is 0.714. The standard InChI is InChI=1S/C22H30O3/c1-13(23)16-7-8-17-18-6-5-14-11-15(24)9-10-21(14,3)22(18,4)19(25)12-20(16,17)2/h11,16-18H,5-10,12H2,1-4H3/t16-,17+,18+,20-,21+,22-/m1/s1. The fourth-order valence-corrected chi connectivity index (χ4v) is 7.40. The minimum Gasteiger partial charge on any atom is -0.300 e. The summed E-state index contributed by atoms with van der Waals surface area (Å²) in [5.41, 5.74) is 0.486. The van der Waals surface area contributed by atoms with Crippen molar-refractivity contribution < 1.29 is 14.4 Å². The van der Waals surface area contributed by atoms with E-state index in [0.717, 1.165) is 32.1 Å². The molecule has 3 heteroatoms. The molecule has 0 unspecified atom stereocenters. The fraction of sp³-hybridized carbons (Fsp3) is 0.773. The zero-order valence-corrected chi connectivity index (χ0v) is 16.0. The van der Waals surface area contributed by atoms with E-state index < -0.39 is 0 Å². The summed E-state index contributed by atoms with van der Waals surface area (Å²) in [5, 5.41) is 0. The Morgan fingerprint density at radius 1 is 1.04 bits per heavy atom. The molecule has 3 nitrogen and oxygen atoms in total. The van der Waals surface area contributed by atoms with Gasteiger partial charge in [0, 0.05) is 29.6 Å². The Labute approximate surface area is 150 Å². The van der Waals surface area contributed by atoms with Gasteiger partial charge >= 0.3 is 0 Å². The van der Waals surface area contributed by atoms with Crippen molar-refractivity contribution in [2.75, 3.05) is 0 Å². The topological polar surface area (TPSA) is 51.2 Å². The lowest BCUT2D eigenvalue weighted by Crippen LogP contribution is -2.61. The lowest BCUT2D eigenvalue weighted by molar-refractivity contribution is -0.165. The molecular formula is C22H30O3. The summed E-state index contributed by atoms with van der Waals surface area (Å²) in [6.45, 7) is 8.32. The molecule has 0 amide bonds. The molecule has 6 atom stereocenters. The predicted octanol–water partition coefficient (Wildman–Crippen LogP) is 4.29. The van der Waals surface area contributed by atoms with Crippen molar-refractivity contribution in [3.05, 3.63) is 11.6 Å². The number of Topliss-reactive ketones (excluding diaryl/α,β-unsaturated/α-hetero) is 2. The summed E-state index contributed by atoms with van der Waals surface area (Å²) >= 11 is 0. The zero-order valence-electron chi connectivity index (χ0n) is 16.0. The zero-order chi connectivity index (χ0) is 18.2. The van der Waals surface area contributed by atoms with Crippen molar-refractivity contribution in [1.29, 1.82) is 0 Å². The molecule has 136 valence electrons. The molecule has 3 fully saturated rings. The van der Waals surface area contributed by atoms with E-state index >= 15 is 0 Å². The van der Waals surface area contributed by atoms with E-state index in [4.69, 9.17) is 0 Å². The number of carbonyl (C=O) groups excluding carboxylic acids is 3. The second kappa shape index (κ2) is 5.14. The Morgan fingerprint density at radius 3 is 2.44 bits per heavy atom. The van der Waals surface area contributed by atoms with Crippen molar-refractivity contribution in [3.8, 4) is 0 Å². The van der Waals surface area contributed by atoms with Crippen LogP contribution in [0, 0.1) is 34.0 Å². The van der Waals surface area contributed by atoms with Gasteiger partial charge in [-0.3, -0.25) is 14.4 Å². The lowest BCUT2D eigenvalue weighted by atomic mass is 9.39. The largest absolute Gasteiger partial charge is 0.300 e. The SMILES string of the molecule is CC(=O)[C@H]1CC[C@H]2[C@@H]3CCC4=CC(=O)CC[C@]4(C)[C@@]3(C)C(=O)C[C@]12C. The Morgan fingerprint density at radius 2 is 1.76 bits per heavy atom. The van der Waals surface area contributed by atoms with E-state index in [-0.39, 0.29) is 33.7 Å². The van der Waals surface area contributed by atoms with Gasteiger partial charge in [-0.15, -0.1) is 0 Å². The summed E-state index contributed by atoms with van der Waals surface area (Å²) in [5.74, 6) is 1.67. The Kier molecular flexibility index (Phi) is 3.53. The van der Waals surface area contributed by atoms with Crippen LogP contribution in [-0.2, 0) is 14.4 Å². The molecule has 4 rings (SSSR count). The maximum atomic E-state index is 13.6. The molecule has 0 aromatic carbocycles. The highest BCUT2D eigenvalue weighted by molar-refractivity contribution is 5.94. The molecule has 0 heterocycles. The first-order valence-electron chi connectivity index (χ1n) is 9.92. The van der Waals surface area contributed by atoms with Crippen LogP contribution < -0.4 is 0 Å². The van der Waals surface area contributed by atoms with Crippen LogP contribution in [0.2, 0.25) is 0 Å². The first-order valence-corrected chi connectivity index (χ1v) is 9.92. The van der Waals surface area contributed by atoms with E-state index in [0.29, 0.717) is 30.5 Å². The third-order valence-corrected chi connectivity index (χ3v) is 9.03. The van der Waals surface area contributed by atoms with E-state index in [9.17, 15) is 14.4 Å². The molecule has 3 saturated carbocycles. The van der Waals surface area contributed by atoms with Crippen LogP contribution in [-0.4, -0.2) is 17.3 Å². The van der Waals surface area contributed by atoms with Crippen molar-refractivity contribution in [3.63, 3.8) is 0 Å². The van der Waals surface area contributed by atoms with Gasteiger partial charge in [0.1, 0.15) is 11.6 Å². The first-order chi connectivity index (χ1) is 11.6. The summed E-state index contributed by atoms with van der Waals surface area (Å²) in [6.07, 6.45) is 7.68. The molecule has 4 aliphatic rings. The molecule has 4 aliphatic carbocycles. The van der Waals surface area contributed by atoms with Crippen LogP contribution >= 0.6 is 0 Å². The number of hydrogen-bond donors (Lipinski definition) is 0. The molecule has 0 aromatic heterocycles. The highest BCUT2D eigenvalue weighted by Gasteiger charge is 2.68. The molecular weight excluding hydrogens is 312 g/mol. The van der Waals surface area contributed by atoms with Gasteiger partial charge in [0.2, 0.25) is 0 Å². The molecule has 0 bridgehead atoms. The molecule has 0 radical (unpaired) electrons.